The molecule has 0 radical (unpaired) electrons. The molecule has 0 aliphatic carbocycles. The lowest BCUT2D eigenvalue weighted by Crippen LogP contribution is -2.03. The van der Waals surface area contributed by atoms with E-state index in [1.807, 2.05) is 60.2 Å². The molecule has 120 valence electrons. The number of nitrogens with zero attached hydrogens (tertiary/aromatic N) is 4. The fourth-order valence-electron chi connectivity index (χ4n) is 2.28. The zero-order chi connectivity index (χ0) is 16.8. The molecule has 24 heavy (non-hydrogen) atoms. The third kappa shape index (κ3) is 4.18. The Morgan fingerprint density at radius 1 is 1.12 bits per heavy atom. The molecule has 0 bridgehead atoms. The van der Waals surface area contributed by atoms with Crippen molar-refractivity contribution in [1.82, 2.24) is 9.55 Å². The fourth-order valence-corrected chi connectivity index (χ4v) is 2.40. The van der Waals surface area contributed by atoms with Crippen LogP contribution in [0.1, 0.15) is 23.9 Å². The smallest absolute Gasteiger partial charge is 0.153 e. The molecular formula is C19H17ClN4. The van der Waals surface area contributed by atoms with E-state index in [1.54, 1.807) is 12.4 Å². The SMILES string of the molecule is C/C(=N\N=C\c1nccn1Cc1ccccc1)c1ccc(Cl)cc1. The summed E-state index contributed by atoms with van der Waals surface area (Å²) in [4.78, 5) is 4.32. The molecule has 0 N–H and O–H groups in total. The highest BCUT2D eigenvalue weighted by atomic mass is 35.5. The standard InChI is InChI=1S/C19H17ClN4/c1-15(17-7-9-18(20)10-8-17)23-22-13-19-21-11-12-24(19)14-16-5-3-2-4-6-16/h2-13H,14H2,1H3/b22-13+,23-15+. The average Bonchev–Trinajstić information content (AvgIpc) is 3.03. The minimum absolute atomic E-state index is 0.706. The number of rotatable bonds is 5. The van der Waals surface area contributed by atoms with E-state index in [4.69, 9.17) is 11.6 Å². The van der Waals surface area contributed by atoms with Gasteiger partial charge in [-0.2, -0.15) is 10.2 Å². The zero-order valence-electron chi connectivity index (χ0n) is 13.3. The van der Waals surface area contributed by atoms with Crippen LogP contribution in [0.5, 0.6) is 0 Å². The molecule has 0 saturated heterocycles. The van der Waals surface area contributed by atoms with Crippen molar-refractivity contribution in [2.45, 2.75) is 13.5 Å². The summed E-state index contributed by atoms with van der Waals surface area (Å²) in [5, 5.41) is 9.10. The topological polar surface area (TPSA) is 42.5 Å². The van der Waals surface area contributed by atoms with Crippen LogP contribution in [0.15, 0.2) is 77.2 Å². The molecule has 0 amide bonds. The summed E-state index contributed by atoms with van der Waals surface area (Å²) < 4.78 is 2.03. The maximum atomic E-state index is 5.89. The van der Waals surface area contributed by atoms with Crippen molar-refractivity contribution in [3.8, 4) is 0 Å². The summed E-state index contributed by atoms with van der Waals surface area (Å²) in [6, 6.07) is 17.8. The van der Waals surface area contributed by atoms with Gasteiger partial charge in [-0.3, -0.25) is 0 Å². The first-order chi connectivity index (χ1) is 11.7. The highest BCUT2D eigenvalue weighted by molar-refractivity contribution is 6.30. The Bertz CT molecular complexity index is 849. The molecule has 0 aliphatic heterocycles. The molecule has 3 rings (SSSR count). The van der Waals surface area contributed by atoms with Crippen molar-refractivity contribution < 1.29 is 0 Å². The second-order valence-corrected chi connectivity index (χ2v) is 5.77. The quantitative estimate of drug-likeness (QED) is 0.502. The van der Waals surface area contributed by atoms with Gasteiger partial charge in [-0.05, 0) is 30.2 Å². The monoisotopic (exact) mass is 336 g/mol. The summed E-state index contributed by atoms with van der Waals surface area (Å²) in [6.07, 6.45) is 5.37. The average molecular weight is 337 g/mol. The number of imidazole rings is 1. The number of hydrogen-bond acceptors (Lipinski definition) is 3. The molecule has 5 heteroatoms. The lowest BCUT2D eigenvalue weighted by Gasteiger charge is -2.04. The van der Waals surface area contributed by atoms with Gasteiger partial charge >= 0.3 is 0 Å². The van der Waals surface area contributed by atoms with E-state index in [-0.39, 0.29) is 0 Å². The minimum Gasteiger partial charge on any atom is -0.326 e. The van der Waals surface area contributed by atoms with Gasteiger partial charge in [0.05, 0.1) is 11.9 Å². The number of hydrogen-bond donors (Lipinski definition) is 0. The predicted octanol–water partition coefficient (Wildman–Crippen LogP) is 4.43. The fraction of sp³-hybridized carbons (Fsp3) is 0.105. The van der Waals surface area contributed by atoms with Crippen LogP contribution >= 0.6 is 11.6 Å². The van der Waals surface area contributed by atoms with Crippen molar-refractivity contribution >= 4 is 23.5 Å². The Hall–Kier alpha value is -2.72. The molecule has 0 fully saturated rings. The van der Waals surface area contributed by atoms with E-state index in [9.17, 15) is 0 Å². The summed E-state index contributed by atoms with van der Waals surface area (Å²) in [6.45, 7) is 2.67. The van der Waals surface area contributed by atoms with Crippen LogP contribution < -0.4 is 0 Å². The summed E-state index contributed by atoms with van der Waals surface area (Å²) in [7, 11) is 0. The minimum atomic E-state index is 0.706. The van der Waals surface area contributed by atoms with Crippen molar-refractivity contribution in [3.63, 3.8) is 0 Å². The van der Waals surface area contributed by atoms with Crippen molar-refractivity contribution in [3.05, 3.63) is 89.0 Å². The van der Waals surface area contributed by atoms with Gasteiger partial charge in [0.15, 0.2) is 5.82 Å². The van der Waals surface area contributed by atoms with E-state index < -0.39 is 0 Å². The van der Waals surface area contributed by atoms with Gasteiger partial charge in [0.25, 0.3) is 0 Å². The first kappa shape index (κ1) is 16.1. The lowest BCUT2D eigenvalue weighted by atomic mass is 10.1. The highest BCUT2D eigenvalue weighted by Crippen LogP contribution is 2.10. The molecule has 3 aromatic rings. The van der Waals surface area contributed by atoms with Crippen LogP contribution in [0.4, 0.5) is 0 Å². The Morgan fingerprint density at radius 2 is 1.88 bits per heavy atom. The highest BCUT2D eigenvalue weighted by Gasteiger charge is 2.01. The molecule has 0 saturated carbocycles. The maximum absolute atomic E-state index is 5.89. The van der Waals surface area contributed by atoms with Crippen LogP contribution in [0.3, 0.4) is 0 Å². The van der Waals surface area contributed by atoms with E-state index in [2.05, 4.69) is 27.3 Å². The van der Waals surface area contributed by atoms with Crippen LogP contribution in [-0.4, -0.2) is 21.5 Å². The predicted molar refractivity (Wildman–Crippen MR) is 99.0 cm³/mol. The second kappa shape index (κ2) is 7.70. The molecule has 0 aliphatic rings. The first-order valence-electron chi connectivity index (χ1n) is 7.61. The van der Waals surface area contributed by atoms with E-state index in [0.29, 0.717) is 5.02 Å². The molecule has 0 spiro atoms. The van der Waals surface area contributed by atoms with Gasteiger partial charge in [-0.25, -0.2) is 4.98 Å². The third-order valence-corrected chi connectivity index (χ3v) is 3.84. The largest absolute Gasteiger partial charge is 0.326 e. The van der Waals surface area contributed by atoms with Crippen molar-refractivity contribution in [1.29, 1.82) is 0 Å². The third-order valence-electron chi connectivity index (χ3n) is 3.59. The number of benzene rings is 2. The Kier molecular flexibility index (Phi) is 5.18. The molecule has 1 aromatic heterocycles. The van der Waals surface area contributed by atoms with E-state index in [0.717, 1.165) is 23.6 Å². The normalized spacial score (nSPS) is 12.0. The van der Waals surface area contributed by atoms with Gasteiger partial charge in [-0.15, -0.1) is 0 Å². The second-order valence-electron chi connectivity index (χ2n) is 5.34. The van der Waals surface area contributed by atoms with Gasteiger partial charge in [0.2, 0.25) is 0 Å². The van der Waals surface area contributed by atoms with Gasteiger partial charge in [0, 0.05) is 24.0 Å². The first-order valence-corrected chi connectivity index (χ1v) is 7.99. The van der Waals surface area contributed by atoms with E-state index >= 15 is 0 Å². The van der Waals surface area contributed by atoms with Crippen molar-refractivity contribution in [2.24, 2.45) is 10.2 Å². The summed E-state index contributed by atoms with van der Waals surface area (Å²) in [5.74, 6) is 0.770. The van der Waals surface area contributed by atoms with Crippen LogP contribution in [-0.2, 0) is 6.54 Å². The summed E-state index contributed by atoms with van der Waals surface area (Å²) in [5.41, 5.74) is 3.03. The lowest BCUT2D eigenvalue weighted by molar-refractivity contribution is 0.789. The van der Waals surface area contributed by atoms with Gasteiger partial charge < -0.3 is 4.57 Å². The molecule has 0 unspecified atom stereocenters. The van der Waals surface area contributed by atoms with Gasteiger partial charge in [-0.1, -0.05) is 54.1 Å². The molecule has 4 nitrogen and oxygen atoms in total. The number of aromatic nitrogens is 2. The van der Waals surface area contributed by atoms with Crippen molar-refractivity contribution in [2.75, 3.05) is 0 Å². The zero-order valence-corrected chi connectivity index (χ0v) is 14.1. The summed E-state index contributed by atoms with van der Waals surface area (Å²) >= 11 is 5.89. The molecule has 1 heterocycles. The molecular weight excluding hydrogens is 320 g/mol. The van der Waals surface area contributed by atoms with E-state index in [1.165, 1.54) is 5.56 Å². The van der Waals surface area contributed by atoms with Crippen LogP contribution in [0, 0.1) is 0 Å². The Morgan fingerprint density at radius 3 is 2.62 bits per heavy atom. The van der Waals surface area contributed by atoms with Crippen LogP contribution in [0.2, 0.25) is 5.02 Å². The molecule has 0 atom stereocenters. The van der Waals surface area contributed by atoms with Gasteiger partial charge in [0.1, 0.15) is 0 Å². The maximum Gasteiger partial charge on any atom is 0.153 e. The Labute approximate surface area is 146 Å². The molecule has 2 aromatic carbocycles. The van der Waals surface area contributed by atoms with Crippen LogP contribution in [0.25, 0.3) is 0 Å². The Balaban J connectivity index is 1.72. The number of halogens is 1.